The van der Waals surface area contributed by atoms with E-state index in [-0.39, 0.29) is 25.0 Å². The van der Waals surface area contributed by atoms with Crippen LogP contribution in [0.5, 0.6) is 0 Å². The molecule has 250 valence electrons. The third-order valence-electron chi connectivity index (χ3n) is 7.00. The number of fused-ring (bicyclic) bond motifs is 3. The topological polar surface area (TPSA) is 138 Å². The van der Waals surface area contributed by atoms with Crippen molar-refractivity contribution in [2.45, 2.75) is 0 Å². The molecule has 1 aromatic carbocycles. The number of rotatable bonds is 5. The van der Waals surface area contributed by atoms with E-state index >= 15 is 0 Å². The second-order valence-corrected chi connectivity index (χ2v) is 12.3. The molecule has 7 heterocycles. The molecule has 0 unspecified atom stereocenters. The average Bonchev–Trinajstić information content (AvgIpc) is 3.93. The van der Waals surface area contributed by atoms with Gasteiger partial charge in [0.1, 0.15) is 5.00 Å². The minimum Gasteiger partial charge on any atom is -0.753 e. The van der Waals surface area contributed by atoms with Crippen LogP contribution in [0, 0.1) is 0 Å². The Kier molecular flexibility index (Phi) is 14.5. The van der Waals surface area contributed by atoms with Crippen molar-refractivity contribution in [3.63, 3.8) is 0 Å². The monoisotopic (exact) mass is 827 g/mol. The first-order valence-corrected chi connectivity index (χ1v) is 17.1. The van der Waals surface area contributed by atoms with Gasteiger partial charge >= 0.3 is 25.4 Å². The van der Waals surface area contributed by atoms with Crippen molar-refractivity contribution in [3.8, 4) is 37.5 Å². The summed E-state index contributed by atoms with van der Waals surface area (Å²) in [4.78, 5) is 30.7. The molecule has 0 saturated carbocycles. The van der Waals surface area contributed by atoms with Crippen molar-refractivity contribution < 1.29 is 29.4 Å². The van der Waals surface area contributed by atoms with Crippen molar-refractivity contribution in [1.82, 2.24) is 24.5 Å². The van der Waals surface area contributed by atoms with Crippen molar-refractivity contribution in [2.75, 3.05) is 0 Å². The maximum Gasteiger partial charge on any atom is 2.00 e. The molecule has 8 rings (SSSR count). The summed E-state index contributed by atoms with van der Waals surface area (Å²) in [5.74, 6) is -0.963. The minimum atomic E-state index is -0.963. The zero-order chi connectivity index (χ0) is 35.3. The summed E-state index contributed by atoms with van der Waals surface area (Å²) in [6, 6.07) is 33.7. The van der Waals surface area contributed by atoms with Gasteiger partial charge in [-0.25, -0.2) is 4.79 Å². The number of aromatic nitrogens is 5. The van der Waals surface area contributed by atoms with Crippen LogP contribution in [0.15, 0.2) is 133 Å². The van der Waals surface area contributed by atoms with Crippen LogP contribution in [-0.4, -0.2) is 45.9 Å². The summed E-state index contributed by atoms with van der Waals surface area (Å²) in [6.45, 7) is 0. The number of carboxylic acid groups (broad SMARTS) is 1. The minimum absolute atomic E-state index is 0. The van der Waals surface area contributed by atoms with Crippen LogP contribution in [0.3, 0.4) is 0 Å². The molecule has 0 radical (unpaired) electrons. The number of carboxylic acids is 1. The Hall–Kier alpha value is -5.29. The molecule has 14 heteroatoms. The van der Waals surface area contributed by atoms with Crippen molar-refractivity contribution in [3.05, 3.63) is 150 Å². The largest absolute Gasteiger partial charge is 2.00 e. The van der Waals surface area contributed by atoms with Gasteiger partial charge in [-0.15, -0.1) is 22.7 Å². The Balaban J connectivity index is 0.000000224. The summed E-state index contributed by atoms with van der Waals surface area (Å²) >= 11 is 11.0. The molecule has 0 aliphatic heterocycles. The van der Waals surface area contributed by atoms with Crippen LogP contribution in [0.25, 0.3) is 70.2 Å². The second kappa shape index (κ2) is 19.2. The fourth-order valence-electron chi connectivity index (χ4n) is 4.98. The summed E-state index contributed by atoms with van der Waals surface area (Å²) in [7, 11) is 0. The van der Waals surface area contributed by atoms with E-state index in [0.29, 0.717) is 11.4 Å². The smallest absolute Gasteiger partial charge is 0.753 e. The van der Waals surface area contributed by atoms with E-state index < -0.39 is 5.97 Å². The molecule has 1 N–H and O–H groups in total. The zero-order valence-corrected chi connectivity index (χ0v) is 31.2. The first-order valence-electron chi connectivity index (χ1n) is 14.6. The molecule has 0 bridgehead atoms. The molecule has 8 aromatic rings. The van der Waals surface area contributed by atoms with Crippen LogP contribution in [0.4, 0.5) is 0 Å². The number of hydrogen-bond donors (Lipinski definition) is 1. The van der Waals surface area contributed by atoms with E-state index in [1.54, 1.807) is 29.7 Å². The summed E-state index contributed by atoms with van der Waals surface area (Å²) in [6.07, 6.45) is 6.89. The number of isothiocyanates is 2. The fourth-order valence-corrected chi connectivity index (χ4v) is 6.85. The number of aromatic carboxylic acids is 1. The Morgan fingerprint density at radius 3 is 1.90 bits per heavy atom. The molecular weight excluding hydrogens is 804 g/mol. The van der Waals surface area contributed by atoms with Crippen LogP contribution in [0.2, 0.25) is 0 Å². The van der Waals surface area contributed by atoms with Gasteiger partial charge in [0.25, 0.3) is 0 Å². The molecular formula is C37H23N7O2RuS4. The second-order valence-electron chi connectivity index (χ2n) is 9.90. The molecule has 9 nitrogen and oxygen atoms in total. The van der Waals surface area contributed by atoms with Crippen LogP contribution < -0.4 is 0 Å². The van der Waals surface area contributed by atoms with Gasteiger partial charge in [0.15, 0.2) is 0 Å². The third-order valence-corrected chi connectivity index (χ3v) is 9.13. The van der Waals surface area contributed by atoms with Crippen LogP contribution in [0.1, 0.15) is 10.4 Å². The van der Waals surface area contributed by atoms with Crippen molar-refractivity contribution >= 4 is 85.2 Å². The van der Waals surface area contributed by atoms with Gasteiger partial charge in [-0.2, -0.15) is 10.3 Å². The number of pyridine rings is 4. The van der Waals surface area contributed by atoms with E-state index in [2.05, 4.69) is 104 Å². The summed E-state index contributed by atoms with van der Waals surface area (Å²) < 4.78 is 2.32. The van der Waals surface area contributed by atoms with Gasteiger partial charge in [-0.05, 0) is 72.1 Å². The van der Waals surface area contributed by atoms with Gasteiger partial charge in [0.2, 0.25) is 0 Å². The van der Waals surface area contributed by atoms with E-state index in [1.165, 1.54) is 59.7 Å². The summed E-state index contributed by atoms with van der Waals surface area (Å²) in [5, 5.41) is 31.5. The number of thiophene rings is 2. The van der Waals surface area contributed by atoms with Crippen LogP contribution in [-0.2, 0) is 19.5 Å². The standard InChI is InChI=1S/C24H15N3S2.C11H8N2O2.2CNS.Ru/c1-2-8-20-16(6-1)17-14-19(18-7-3-4-12-25-18)26-15-21(17)27(20)24-11-10-23(29-24)22-9-5-13-28-22;14-11(15)8-4-6-13-10(7-8)9-3-1-2-5-12-9;2*2-1-3;/h1-15H;1-7H,(H,14,15);;;/q;;2*-1;+2. The van der Waals surface area contributed by atoms with Gasteiger partial charge in [-0.3, -0.25) is 24.5 Å². The Morgan fingerprint density at radius 1 is 0.667 bits per heavy atom. The predicted molar refractivity (Wildman–Crippen MR) is 209 cm³/mol. The maximum atomic E-state index is 10.7. The van der Waals surface area contributed by atoms with Gasteiger partial charge in [-0.1, -0.05) is 60.8 Å². The number of thiocarbonyl (C=S) groups is 2. The van der Waals surface area contributed by atoms with E-state index in [1.807, 2.05) is 48.0 Å². The van der Waals surface area contributed by atoms with Gasteiger partial charge in [0.05, 0.1) is 45.6 Å². The van der Waals surface area contributed by atoms with E-state index in [4.69, 9.17) is 20.9 Å². The number of benzene rings is 1. The van der Waals surface area contributed by atoms with Crippen molar-refractivity contribution in [2.24, 2.45) is 0 Å². The maximum absolute atomic E-state index is 10.7. The van der Waals surface area contributed by atoms with Crippen LogP contribution >= 0.6 is 47.1 Å². The zero-order valence-electron chi connectivity index (χ0n) is 26.2. The molecule has 51 heavy (non-hydrogen) atoms. The third kappa shape index (κ3) is 9.49. The molecule has 0 amide bonds. The number of para-hydroxylation sites is 1. The Morgan fingerprint density at radius 2 is 1.29 bits per heavy atom. The number of nitrogens with zero attached hydrogens (tertiary/aromatic N) is 7. The molecule has 0 spiro atoms. The number of carbonyl (C=O) groups is 1. The number of hydrogen-bond acceptors (Lipinski definition) is 9. The van der Waals surface area contributed by atoms with Gasteiger partial charge < -0.3 is 15.9 Å². The Labute approximate surface area is 324 Å². The quantitative estimate of drug-likeness (QED) is 0.103. The average molecular weight is 827 g/mol. The van der Waals surface area contributed by atoms with E-state index in [0.717, 1.165) is 16.9 Å². The summed E-state index contributed by atoms with van der Waals surface area (Å²) in [5.41, 5.74) is 5.54. The predicted octanol–water partition coefficient (Wildman–Crippen LogP) is 10.2. The first kappa shape index (κ1) is 38.5. The SMILES string of the molecule is O=C(O)c1ccnc(-c2ccccn2)c1.[N-]=C=S.[N-]=C=S.[Ru+2].c1ccc(-c2cc3c4ccccc4n(-c4ccc(-c5cccs5)s4)c3cn2)nc1. The molecule has 0 atom stereocenters. The molecule has 0 saturated heterocycles. The normalized spacial score (nSPS) is 9.73. The fraction of sp³-hybridized carbons (Fsp3) is 0. The Bertz CT molecular complexity index is 2410. The molecule has 0 aliphatic carbocycles. The van der Waals surface area contributed by atoms with E-state index in [9.17, 15) is 4.79 Å². The molecule has 0 fully saturated rings. The van der Waals surface area contributed by atoms with Gasteiger partial charge in [0, 0.05) is 39.1 Å². The molecule has 7 aromatic heterocycles. The first-order chi connectivity index (χ1) is 24.5. The van der Waals surface area contributed by atoms with Crippen molar-refractivity contribution in [1.29, 1.82) is 0 Å². The molecule has 0 aliphatic rings.